The molecule has 1 fully saturated rings. The Kier molecular flexibility index (Phi) is 7.96. The van der Waals surface area contributed by atoms with Crippen LogP contribution in [0.1, 0.15) is 53.4 Å². The summed E-state index contributed by atoms with van der Waals surface area (Å²) in [6.45, 7) is 11.4. The average Bonchev–Trinajstić information content (AvgIpc) is 2.62. The molecule has 1 aliphatic heterocycles. The second kappa shape index (κ2) is 9.98. The van der Waals surface area contributed by atoms with Crippen LogP contribution < -0.4 is 16.4 Å². The highest BCUT2D eigenvalue weighted by molar-refractivity contribution is 5.81. The lowest BCUT2D eigenvalue weighted by atomic mass is 9.98. The minimum Gasteiger partial charge on any atom is -0.399 e. The van der Waals surface area contributed by atoms with E-state index in [9.17, 15) is 4.79 Å². The Bertz CT molecular complexity index is 576. The molecule has 27 heavy (non-hydrogen) atoms. The van der Waals surface area contributed by atoms with Gasteiger partial charge in [0.2, 0.25) is 5.91 Å². The maximum absolute atomic E-state index is 12.6. The molecule has 0 radical (unpaired) electrons. The maximum atomic E-state index is 12.6. The molecule has 0 aliphatic carbocycles. The lowest BCUT2D eigenvalue weighted by Gasteiger charge is -2.41. The molecule has 1 heterocycles. The number of amides is 1. The third-order valence-electron chi connectivity index (χ3n) is 5.43. The van der Waals surface area contributed by atoms with Gasteiger partial charge in [0.05, 0.1) is 6.04 Å². The molecule has 0 saturated carbocycles. The number of rotatable bonds is 8. The standard InChI is InChI=1S/C22H38N4O/c1-16(2)9-14-26(19-7-5-18(23)6-8-19)20-10-12-25(13-11-20)22(27)21(24)15-17(3)4/h5-8,16-17,20-21H,9-15,23-24H2,1-4H3. The predicted molar refractivity (Wildman–Crippen MR) is 115 cm³/mol. The van der Waals surface area contributed by atoms with Crippen LogP contribution in [0.15, 0.2) is 24.3 Å². The molecule has 0 aromatic heterocycles. The molecule has 0 bridgehead atoms. The number of benzene rings is 1. The van der Waals surface area contributed by atoms with Crippen molar-refractivity contribution in [2.24, 2.45) is 17.6 Å². The summed E-state index contributed by atoms with van der Waals surface area (Å²) < 4.78 is 0. The van der Waals surface area contributed by atoms with Crippen molar-refractivity contribution >= 4 is 17.3 Å². The smallest absolute Gasteiger partial charge is 0.239 e. The van der Waals surface area contributed by atoms with Gasteiger partial charge in [-0.3, -0.25) is 4.79 Å². The van der Waals surface area contributed by atoms with Gasteiger partial charge in [-0.1, -0.05) is 27.7 Å². The van der Waals surface area contributed by atoms with Crippen molar-refractivity contribution in [3.8, 4) is 0 Å². The Hall–Kier alpha value is -1.75. The number of hydrogen-bond acceptors (Lipinski definition) is 4. The van der Waals surface area contributed by atoms with Crippen molar-refractivity contribution < 1.29 is 4.79 Å². The summed E-state index contributed by atoms with van der Waals surface area (Å²) in [6.07, 6.45) is 3.89. The highest BCUT2D eigenvalue weighted by Gasteiger charge is 2.29. The first-order valence-corrected chi connectivity index (χ1v) is 10.4. The number of nitrogens with two attached hydrogens (primary N) is 2. The van der Waals surface area contributed by atoms with E-state index in [-0.39, 0.29) is 11.9 Å². The van der Waals surface area contributed by atoms with E-state index in [0.717, 1.165) is 51.0 Å². The average molecular weight is 375 g/mol. The largest absolute Gasteiger partial charge is 0.399 e. The molecule has 152 valence electrons. The van der Waals surface area contributed by atoms with Gasteiger partial charge >= 0.3 is 0 Å². The zero-order valence-electron chi connectivity index (χ0n) is 17.5. The van der Waals surface area contributed by atoms with Crippen LogP contribution in [-0.2, 0) is 4.79 Å². The van der Waals surface area contributed by atoms with Crippen molar-refractivity contribution in [1.82, 2.24) is 4.90 Å². The number of likely N-dealkylation sites (tertiary alicyclic amines) is 1. The van der Waals surface area contributed by atoms with Gasteiger partial charge in [0.25, 0.3) is 0 Å². The van der Waals surface area contributed by atoms with Crippen LogP contribution in [0.5, 0.6) is 0 Å². The Morgan fingerprint density at radius 3 is 2.22 bits per heavy atom. The maximum Gasteiger partial charge on any atom is 0.239 e. The van der Waals surface area contributed by atoms with Gasteiger partial charge in [-0.05, 0) is 61.8 Å². The molecule has 1 aromatic carbocycles. The van der Waals surface area contributed by atoms with E-state index >= 15 is 0 Å². The van der Waals surface area contributed by atoms with Crippen LogP contribution in [0.3, 0.4) is 0 Å². The molecular weight excluding hydrogens is 336 g/mol. The van der Waals surface area contributed by atoms with Crippen LogP contribution in [0, 0.1) is 11.8 Å². The zero-order chi connectivity index (χ0) is 20.0. The van der Waals surface area contributed by atoms with Gasteiger partial charge in [0.15, 0.2) is 0 Å². The number of piperidine rings is 1. The molecule has 1 aromatic rings. The van der Waals surface area contributed by atoms with Gasteiger partial charge < -0.3 is 21.3 Å². The highest BCUT2D eigenvalue weighted by atomic mass is 16.2. The van der Waals surface area contributed by atoms with Crippen LogP contribution in [0.25, 0.3) is 0 Å². The first-order chi connectivity index (χ1) is 12.8. The lowest BCUT2D eigenvalue weighted by Crippen LogP contribution is -2.51. The molecule has 5 heteroatoms. The molecular formula is C22H38N4O. The van der Waals surface area contributed by atoms with Crippen LogP contribution in [-0.4, -0.2) is 42.5 Å². The monoisotopic (exact) mass is 374 g/mol. The summed E-state index contributed by atoms with van der Waals surface area (Å²) in [7, 11) is 0. The summed E-state index contributed by atoms with van der Waals surface area (Å²) in [5, 5.41) is 0. The third-order valence-corrected chi connectivity index (χ3v) is 5.43. The normalized spacial score (nSPS) is 16.8. The summed E-state index contributed by atoms with van der Waals surface area (Å²) in [5.41, 5.74) is 14.0. The lowest BCUT2D eigenvalue weighted by molar-refractivity contribution is -0.134. The SMILES string of the molecule is CC(C)CCN(c1ccc(N)cc1)C1CCN(C(=O)C(N)CC(C)C)CC1. The molecule has 4 N–H and O–H groups in total. The minimum atomic E-state index is -0.365. The summed E-state index contributed by atoms with van der Waals surface area (Å²) >= 11 is 0. The Balaban J connectivity index is 2.00. The second-order valence-electron chi connectivity index (χ2n) is 8.76. The zero-order valence-corrected chi connectivity index (χ0v) is 17.5. The number of carbonyl (C=O) groups is 1. The fraction of sp³-hybridized carbons (Fsp3) is 0.682. The van der Waals surface area contributed by atoms with Gasteiger partial charge in [0, 0.05) is 37.1 Å². The number of nitrogen functional groups attached to an aromatic ring is 1. The number of nitrogens with zero attached hydrogens (tertiary/aromatic N) is 2. The summed E-state index contributed by atoms with van der Waals surface area (Å²) in [6, 6.07) is 8.27. The molecule has 1 atom stereocenters. The summed E-state index contributed by atoms with van der Waals surface area (Å²) in [4.78, 5) is 17.1. The first kappa shape index (κ1) is 21.5. The van der Waals surface area contributed by atoms with Crippen molar-refractivity contribution in [3.63, 3.8) is 0 Å². The minimum absolute atomic E-state index is 0.114. The van der Waals surface area contributed by atoms with Crippen LogP contribution >= 0.6 is 0 Å². The number of hydrogen-bond donors (Lipinski definition) is 2. The topological polar surface area (TPSA) is 75.6 Å². The van der Waals surface area contributed by atoms with Crippen molar-refractivity contribution in [2.45, 2.75) is 65.5 Å². The van der Waals surface area contributed by atoms with Crippen LogP contribution in [0.4, 0.5) is 11.4 Å². The molecule has 0 spiro atoms. The Morgan fingerprint density at radius 2 is 1.70 bits per heavy atom. The molecule has 5 nitrogen and oxygen atoms in total. The van der Waals surface area contributed by atoms with Crippen LogP contribution in [0.2, 0.25) is 0 Å². The van der Waals surface area contributed by atoms with E-state index in [0.29, 0.717) is 17.9 Å². The van der Waals surface area contributed by atoms with Gasteiger partial charge in [-0.2, -0.15) is 0 Å². The fourth-order valence-corrected chi connectivity index (χ4v) is 3.83. The third kappa shape index (κ3) is 6.42. The Morgan fingerprint density at radius 1 is 1.11 bits per heavy atom. The van der Waals surface area contributed by atoms with Gasteiger partial charge in [0.1, 0.15) is 0 Å². The quantitative estimate of drug-likeness (QED) is 0.683. The van der Waals surface area contributed by atoms with E-state index in [1.807, 2.05) is 17.0 Å². The van der Waals surface area contributed by atoms with Gasteiger partial charge in [-0.15, -0.1) is 0 Å². The molecule has 1 amide bonds. The molecule has 1 aliphatic rings. The molecule has 2 rings (SSSR count). The van der Waals surface area contributed by atoms with Crippen molar-refractivity contribution in [1.29, 1.82) is 0 Å². The second-order valence-corrected chi connectivity index (χ2v) is 8.76. The van der Waals surface area contributed by atoms with E-state index < -0.39 is 0 Å². The number of anilines is 2. The van der Waals surface area contributed by atoms with Gasteiger partial charge in [-0.25, -0.2) is 0 Å². The van der Waals surface area contributed by atoms with E-state index in [1.54, 1.807) is 0 Å². The first-order valence-electron chi connectivity index (χ1n) is 10.4. The van der Waals surface area contributed by atoms with E-state index in [2.05, 4.69) is 44.7 Å². The number of carbonyl (C=O) groups excluding carboxylic acids is 1. The predicted octanol–water partition coefficient (Wildman–Crippen LogP) is 3.49. The fourth-order valence-electron chi connectivity index (χ4n) is 3.83. The highest BCUT2D eigenvalue weighted by Crippen LogP contribution is 2.26. The van der Waals surface area contributed by atoms with E-state index in [1.165, 1.54) is 5.69 Å². The van der Waals surface area contributed by atoms with E-state index in [4.69, 9.17) is 11.5 Å². The molecule has 1 unspecified atom stereocenters. The van der Waals surface area contributed by atoms with Crippen molar-refractivity contribution in [2.75, 3.05) is 30.3 Å². The molecule has 1 saturated heterocycles. The van der Waals surface area contributed by atoms with Crippen molar-refractivity contribution in [3.05, 3.63) is 24.3 Å². The Labute approximate surface area is 165 Å². The summed E-state index contributed by atoms with van der Waals surface area (Å²) in [5.74, 6) is 1.22.